The Balaban J connectivity index is 1.88. The highest BCUT2D eigenvalue weighted by atomic mass is 16.5. The van der Waals surface area contributed by atoms with Crippen molar-refractivity contribution in [3.8, 4) is 0 Å². The van der Waals surface area contributed by atoms with Gasteiger partial charge in [-0.25, -0.2) is 0 Å². The van der Waals surface area contributed by atoms with Gasteiger partial charge < -0.3 is 15.4 Å². The summed E-state index contributed by atoms with van der Waals surface area (Å²) in [6, 6.07) is 0.536. The zero-order valence-corrected chi connectivity index (χ0v) is 10.4. The van der Waals surface area contributed by atoms with Crippen molar-refractivity contribution >= 4 is 0 Å². The number of piperazine rings is 1. The van der Waals surface area contributed by atoms with E-state index in [1.165, 1.54) is 25.9 Å². The van der Waals surface area contributed by atoms with Crippen LogP contribution in [-0.2, 0) is 4.74 Å². The predicted molar refractivity (Wildman–Crippen MR) is 65.5 cm³/mol. The molecule has 0 bridgehead atoms. The lowest BCUT2D eigenvalue weighted by Crippen LogP contribution is -2.55. The molecular formula is C12H25N3O. The number of nitrogens with two attached hydrogens (primary N) is 1. The Morgan fingerprint density at radius 3 is 2.62 bits per heavy atom. The van der Waals surface area contributed by atoms with E-state index < -0.39 is 0 Å². The molecule has 0 spiro atoms. The highest BCUT2D eigenvalue weighted by Gasteiger charge is 2.29. The van der Waals surface area contributed by atoms with Crippen LogP contribution in [0, 0.1) is 5.92 Å². The van der Waals surface area contributed by atoms with Crippen molar-refractivity contribution < 1.29 is 4.74 Å². The lowest BCUT2D eigenvalue weighted by molar-refractivity contribution is -0.0000885. The standard InChI is InChI=1S/C12H25N3O/c1-14-4-6-15(7-5-14)12(9-13)11-3-2-8-16-10-11/h11-12H,2-10,13H2,1H3. The average Bonchev–Trinajstić information content (AvgIpc) is 2.34. The molecule has 4 nitrogen and oxygen atoms in total. The highest BCUT2D eigenvalue weighted by molar-refractivity contribution is 4.84. The Kier molecular flexibility index (Phi) is 4.58. The fourth-order valence-corrected chi connectivity index (χ4v) is 2.86. The molecule has 2 unspecified atom stereocenters. The Labute approximate surface area is 98.7 Å². The maximum atomic E-state index is 5.96. The second-order valence-corrected chi connectivity index (χ2v) is 5.12. The molecule has 2 fully saturated rings. The van der Waals surface area contributed by atoms with Crippen molar-refractivity contribution in [2.24, 2.45) is 11.7 Å². The van der Waals surface area contributed by atoms with E-state index in [1.807, 2.05) is 0 Å². The van der Waals surface area contributed by atoms with Gasteiger partial charge in [-0.05, 0) is 25.8 Å². The van der Waals surface area contributed by atoms with Gasteiger partial charge in [-0.1, -0.05) is 0 Å². The smallest absolute Gasteiger partial charge is 0.0509 e. The van der Waals surface area contributed by atoms with Crippen LogP contribution in [0.25, 0.3) is 0 Å². The SMILES string of the molecule is CN1CCN(C(CN)C2CCCOC2)CC1. The van der Waals surface area contributed by atoms with E-state index in [0.29, 0.717) is 12.0 Å². The molecular weight excluding hydrogens is 202 g/mol. The second kappa shape index (κ2) is 5.96. The van der Waals surface area contributed by atoms with Gasteiger partial charge in [-0.2, -0.15) is 0 Å². The third kappa shape index (κ3) is 2.94. The summed E-state index contributed by atoms with van der Waals surface area (Å²) in [5.41, 5.74) is 5.96. The first-order chi connectivity index (χ1) is 7.81. The number of hydrogen-bond acceptors (Lipinski definition) is 4. The van der Waals surface area contributed by atoms with Crippen LogP contribution in [0.2, 0.25) is 0 Å². The van der Waals surface area contributed by atoms with Crippen molar-refractivity contribution in [3.63, 3.8) is 0 Å². The van der Waals surface area contributed by atoms with Crippen LogP contribution in [0.3, 0.4) is 0 Å². The normalized spacial score (nSPS) is 31.5. The predicted octanol–water partition coefficient (Wildman–Crippen LogP) is -0.0123. The molecule has 0 aromatic rings. The molecule has 2 atom stereocenters. The molecule has 0 aliphatic carbocycles. The summed E-state index contributed by atoms with van der Waals surface area (Å²) in [6.07, 6.45) is 2.49. The Morgan fingerprint density at radius 2 is 2.06 bits per heavy atom. The van der Waals surface area contributed by atoms with Crippen LogP contribution in [0.15, 0.2) is 0 Å². The van der Waals surface area contributed by atoms with E-state index in [1.54, 1.807) is 0 Å². The third-order valence-electron chi connectivity index (χ3n) is 3.99. The lowest BCUT2D eigenvalue weighted by atomic mass is 9.92. The molecule has 2 saturated heterocycles. The molecule has 16 heavy (non-hydrogen) atoms. The molecule has 0 amide bonds. The van der Waals surface area contributed by atoms with Gasteiger partial charge in [0.1, 0.15) is 0 Å². The first kappa shape index (κ1) is 12.3. The van der Waals surface area contributed by atoms with Crippen molar-refractivity contribution in [1.82, 2.24) is 9.80 Å². The second-order valence-electron chi connectivity index (χ2n) is 5.12. The van der Waals surface area contributed by atoms with Gasteiger partial charge in [0.05, 0.1) is 6.61 Å². The lowest BCUT2D eigenvalue weighted by Gasteiger charge is -2.42. The summed E-state index contributed by atoms with van der Waals surface area (Å²) in [7, 11) is 2.19. The number of rotatable bonds is 3. The van der Waals surface area contributed by atoms with Crippen LogP contribution in [0.4, 0.5) is 0 Å². The van der Waals surface area contributed by atoms with E-state index in [2.05, 4.69) is 16.8 Å². The molecule has 2 aliphatic heterocycles. The zero-order valence-electron chi connectivity index (χ0n) is 10.4. The first-order valence-corrected chi connectivity index (χ1v) is 6.51. The summed E-state index contributed by atoms with van der Waals surface area (Å²) in [4.78, 5) is 4.96. The average molecular weight is 227 g/mol. The van der Waals surface area contributed by atoms with Crippen molar-refractivity contribution in [1.29, 1.82) is 0 Å². The van der Waals surface area contributed by atoms with Gasteiger partial charge in [0.15, 0.2) is 0 Å². The van der Waals surface area contributed by atoms with Crippen LogP contribution < -0.4 is 5.73 Å². The van der Waals surface area contributed by atoms with E-state index in [0.717, 1.165) is 32.8 Å². The van der Waals surface area contributed by atoms with E-state index in [9.17, 15) is 0 Å². The van der Waals surface area contributed by atoms with Crippen molar-refractivity contribution in [3.05, 3.63) is 0 Å². The Hall–Kier alpha value is -0.160. The third-order valence-corrected chi connectivity index (χ3v) is 3.99. The van der Waals surface area contributed by atoms with Crippen LogP contribution in [0.5, 0.6) is 0 Å². The molecule has 0 aromatic carbocycles. The van der Waals surface area contributed by atoms with Crippen LogP contribution in [-0.4, -0.2) is 68.8 Å². The quantitative estimate of drug-likeness (QED) is 0.736. The van der Waals surface area contributed by atoms with E-state index >= 15 is 0 Å². The number of ether oxygens (including phenoxy) is 1. The largest absolute Gasteiger partial charge is 0.381 e. The van der Waals surface area contributed by atoms with E-state index in [-0.39, 0.29) is 0 Å². The molecule has 2 aliphatic rings. The van der Waals surface area contributed by atoms with Gasteiger partial charge in [0.25, 0.3) is 0 Å². The monoisotopic (exact) mass is 227 g/mol. The first-order valence-electron chi connectivity index (χ1n) is 6.51. The summed E-state index contributed by atoms with van der Waals surface area (Å²) >= 11 is 0. The highest BCUT2D eigenvalue weighted by Crippen LogP contribution is 2.21. The fraction of sp³-hybridized carbons (Fsp3) is 1.00. The molecule has 0 aromatic heterocycles. The fourth-order valence-electron chi connectivity index (χ4n) is 2.86. The maximum absolute atomic E-state index is 5.96. The number of hydrogen-bond donors (Lipinski definition) is 1. The summed E-state index contributed by atoms with van der Waals surface area (Å²) < 4.78 is 5.58. The van der Waals surface area contributed by atoms with Crippen LogP contribution in [0.1, 0.15) is 12.8 Å². The molecule has 4 heteroatoms. The maximum Gasteiger partial charge on any atom is 0.0509 e. The Morgan fingerprint density at radius 1 is 1.31 bits per heavy atom. The zero-order chi connectivity index (χ0) is 11.4. The van der Waals surface area contributed by atoms with Crippen molar-refractivity contribution in [2.75, 3.05) is 53.0 Å². The molecule has 2 rings (SSSR count). The minimum Gasteiger partial charge on any atom is -0.381 e. The summed E-state index contributed by atoms with van der Waals surface area (Å²) in [6.45, 7) is 7.29. The van der Waals surface area contributed by atoms with Crippen LogP contribution >= 0.6 is 0 Å². The van der Waals surface area contributed by atoms with Gasteiger partial charge in [-0.3, -0.25) is 4.90 Å². The van der Waals surface area contributed by atoms with E-state index in [4.69, 9.17) is 10.5 Å². The molecule has 94 valence electrons. The molecule has 0 radical (unpaired) electrons. The van der Waals surface area contributed by atoms with Gasteiger partial charge >= 0.3 is 0 Å². The molecule has 2 N–H and O–H groups in total. The minimum absolute atomic E-state index is 0.536. The summed E-state index contributed by atoms with van der Waals surface area (Å²) in [5, 5.41) is 0. The number of likely N-dealkylation sites (N-methyl/N-ethyl adjacent to an activating group) is 1. The summed E-state index contributed by atoms with van der Waals surface area (Å²) in [5.74, 6) is 0.655. The number of nitrogens with zero attached hydrogens (tertiary/aromatic N) is 2. The van der Waals surface area contributed by atoms with Crippen molar-refractivity contribution in [2.45, 2.75) is 18.9 Å². The van der Waals surface area contributed by atoms with Gasteiger partial charge in [-0.15, -0.1) is 0 Å². The topological polar surface area (TPSA) is 41.7 Å². The van der Waals surface area contributed by atoms with Gasteiger partial charge in [0.2, 0.25) is 0 Å². The molecule has 0 saturated carbocycles. The molecule has 2 heterocycles. The Bertz CT molecular complexity index is 198. The minimum atomic E-state index is 0.536. The van der Waals surface area contributed by atoms with Gasteiger partial charge in [0, 0.05) is 45.4 Å².